The average Bonchev–Trinajstić information content (AvgIpc) is 2.13. The van der Waals surface area contributed by atoms with Crippen LogP contribution in [0.4, 0.5) is 19.0 Å². The minimum atomic E-state index is -4.27. The van der Waals surface area contributed by atoms with Gasteiger partial charge in [-0.15, -0.1) is 0 Å². The van der Waals surface area contributed by atoms with Gasteiger partial charge in [0.05, 0.1) is 6.10 Å². The van der Waals surface area contributed by atoms with Crippen molar-refractivity contribution in [1.29, 1.82) is 0 Å². The lowest BCUT2D eigenvalue weighted by Crippen LogP contribution is -2.12. The quantitative estimate of drug-likeness (QED) is 0.843. The Bertz CT molecular complexity index is 345. The number of halogens is 3. The van der Waals surface area contributed by atoms with Crippen molar-refractivity contribution in [3.8, 4) is 0 Å². The molecule has 6 heteroatoms. The zero-order chi connectivity index (χ0) is 12.3. The predicted molar refractivity (Wildman–Crippen MR) is 53.6 cm³/mol. The molecule has 0 fully saturated rings. The number of aromatic nitrogens is 1. The van der Waals surface area contributed by atoms with Crippen LogP contribution in [0.25, 0.3) is 0 Å². The van der Waals surface area contributed by atoms with E-state index in [1.807, 2.05) is 0 Å². The van der Waals surface area contributed by atoms with Crippen molar-refractivity contribution >= 4 is 5.82 Å². The molecule has 0 radical (unpaired) electrons. The number of hydrogen-bond donors (Lipinski definition) is 2. The molecule has 1 unspecified atom stereocenters. The fourth-order valence-corrected chi connectivity index (χ4v) is 1.47. The monoisotopic (exact) mass is 234 g/mol. The number of hydrogen-bond acceptors (Lipinski definition) is 3. The van der Waals surface area contributed by atoms with Gasteiger partial charge in [0.1, 0.15) is 5.82 Å². The van der Waals surface area contributed by atoms with E-state index in [1.165, 1.54) is 6.20 Å². The topological polar surface area (TPSA) is 59.1 Å². The largest absolute Gasteiger partial charge is 0.389 e. The summed E-state index contributed by atoms with van der Waals surface area (Å²) in [7, 11) is 0. The second kappa shape index (κ2) is 4.69. The van der Waals surface area contributed by atoms with Crippen LogP contribution in [0.2, 0.25) is 0 Å². The number of aliphatic hydroxyl groups excluding tert-OH is 1. The molecule has 0 spiro atoms. The molecule has 3 N–H and O–H groups in total. The van der Waals surface area contributed by atoms with Crippen LogP contribution in [0.15, 0.2) is 12.3 Å². The average molecular weight is 234 g/mol. The highest BCUT2D eigenvalue weighted by Gasteiger charge is 2.29. The summed E-state index contributed by atoms with van der Waals surface area (Å²) >= 11 is 0. The van der Waals surface area contributed by atoms with Crippen LogP contribution in [0, 0.1) is 6.92 Å². The number of nitrogens with zero attached hydrogens (tertiary/aromatic N) is 1. The zero-order valence-corrected chi connectivity index (χ0v) is 8.75. The number of pyridine rings is 1. The molecule has 90 valence electrons. The van der Waals surface area contributed by atoms with E-state index < -0.39 is 25.1 Å². The predicted octanol–water partition coefficient (Wildman–Crippen LogP) is 2.35. The molecule has 1 heterocycles. The number of nitrogens with two attached hydrogens (primary N) is 1. The Morgan fingerprint density at radius 1 is 1.50 bits per heavy atom. The normalized spacial score (nSPS) is 13.8. The maximum Gasteiger partial charge on any atom is 0.389 e. The molecule has 1 atom stereocenters. The van der Waals surface area contributed by atoms with Crippen molar-refractivity contribution in [1.82, 2.24) is 4.98 Å². The van der Waals surface area contributed by atoms with Gasteiger partial charge in [0.2, 0.25) is 0 Å². The van der Waals surface area contributed by atoms with E-state index in [0.29, 0.717) is 5.56 Å². The van der Waals surface area contributed by atoms with Gasteiger partial charge in [-0.3, -0.25) is 0 Å². The Balaban J connectivity index is 2.77. The third kappa shape index (κ3) is 3.37. The van der Waals surface area contributed by atoms with Gasteiger partial charge in [0, 0.05) is 18.2 Å². The SMILES string of the molecule is Cc1ccnc(N)c1C(O)CCC(F)(F)F. The van der Waals surface area contributed by atoms with Gasteiger partial charge >= 0.3 is 6.18 Å². The van der Waals surface area contributed by atoms with Gasteiger partial charge < -0.3 is 10.8 Å². The Labute approximate surface area is 91.1 Å². The van der Waals surface area contributed by atoms with E-state index in [2.05, 4.69) is 4.98 Å². The molecule has 3 nitrogen and oxygen atoms in total. The molecule has 0 aromatic carbocycles. The first kappa shape index (κ1) is 12.8. The molecule has 0 amide bonds. The number of rotatable bonds is 3. The molecular formula is C10H13F3N2O. The number of aliphatic hydroxyl groups is 1. The summed E-state index contributed by atoms with van der Waals surface area (Å²) < 4.78 is 35.9. The van der Waals surface area contributed by atoms with E-state index in [0.717, 1.165) is 0 Å². The second-order valence-electron chi connectivity index (χ2n) is 3.60. The third-order valence-electron chi connectivity index (χ3n) is 2.27. The summed E-state index contributed by atoms with van der Waals surface area (Å²) in [4.78, 5) is 3.74. The van der Waals surface area contributed by atoms with E-state index in [4.69, 9.17) is 5.73 Å². The minimum absolute atomic E-state index is 0.0784. The lowest BCUT2D eigenvalue weighted by molar-refractivity contribution is -0.140. The van der Waals surface area contributed by atoms with Crippen LogP contribution in [-0.4, -0.2) is 16.3 Å². The van der Waals surface area contributed by atoms with E-state index >= 15 is 0 Å². The highest BCUT2D eigenvalue weighted by atomic mass is 19.4. The van der Waals surface area contributed by atoms with Crippen LogP contribution in [0.5, 0.6) is 0 Å². The molecule has 16 heavy (non-hydrogen) atoms. The Morgan fingerprint density at radius 2 is 2.12 bits per heavy atom. The molecular weight excluding hydrogens is 221 g/mol. The van der Waals surface area contributed by atoms with Crippen molar-refractivity contribution < 1.29 is 18.3 Å². The van der Waals surface area contributed by atoms with Crippen LogP contribution in [0.3, 0.4) is 0 Å². The summed E-state index contributed by atoms with van der Waals surface area (Å²) in [6, 6.07) is 1.60. The summed E-state index contributed by atoms with van der Waals surface area (Å²) in [6.45, 7) is 1.67. The van der Waals surface area contributed by atoms with Crippen molar-refractivity contribution in [2.45, 2.75) is 32.0 Å². The van der Waals surface area contributed by atoms with E-state index in [9.17, 15) is 18.3 Å². The zero-order valence-electron chi connectivity index (χ0n) is 8.75. The molecule has 0 aliphatic carbocycles. The number of nitrogen functional groups attached to an aromatic ring is 1. The number of aryl methyl sites for hydroxylation is 1. The summed E-state index contributed by atoms with van der Waals surface area (Å²) in [5.41, 5.74) is 6.43. The van der Waals surface area contributed by atoms with Crippen LogP contribution < -0.4 is 5.73 Å². The van der Waals surface area contributed by atoms with Crippen LogP contribution in [0.1, 0.15) is 30.1 Å². The lowest BCUT2D eigenvalue weighted by atomic mass is 10.0. The van der Waals surface area contributed by atoms with Gasteiger partial charge in [-0.1, -0.05) is 0 Å². The minimum Gasteiger partial charge on any atom is -0.388 e. The molecule has 1 aromatic heterocycles. The van der Waals surface area contributed by atoms with Gasteiger partial charge in [-0.05, 0) is 25.0 Å². The van der Waals surface area contributed by atoms with Crippen molar-refractivity contribution in [2.24, 2.45) is 0 Å². The van der Waals surface area contributed by atoms with Crippen molar-refractivity contribution in [2.75, 3.05) is 5.73 Å². The summed E-state index contributed by atoms with van der Waals surface area (Å²) in [5.74, 6) is 0.0784. The van der Waals surface area contributed by atoms with Gasteiger partial charge in [0.15, 0.2) is 0 Å². The number of anilines is 1. The molecule has 0 saturated heterocycles. The first-order chi connectivity index (χ1) is 7.31. The van der Waals surface area contributed by atoms with E-state index in [-0.39, 0.29) is 11.4 Å². The summed E-state index contributed by atoms with van der Waals surface area (Å²) in [6.07, 6.45) is -5.49. The van der Waals surface area contributed by atoms with Gasteiger partial charge in [-0.2, -0.15) is 13.2 Å². The fourth-order valence-electron chi connectivity index (χ4n) is 1.47. The Morgan fingerprint density at radius 3 is 2.62 bits per heavy atom. The third-order valence-corrected chi connectivity index (χ3v) is 2.27. The smallest absolute Gasteiger partial charge is 0.388 e. The second-order valence-corrected chi connectivity index (χ2v) is 3.60. The summed E-state index contributed by atoms with van der Waals surface area (Å²) in [5, 5.41) is 9.63. The fraction of sp³-hybridized carbons (Fsp3) is 0.500. The van der Waals surface area contributed by atoms with Gasteiger partial charge in [0.25, 0.3) is 0 Å². The maximum absolute atomic E-state index is 12.0. The highest BCUT2D eigenvalue weighted by molar-refractivity contribution is 5.45. The first-order valence-corrected chi connectivity index (χ1v) is 4.77. The molecule has 1 aromatic rings. The molecule has 0 aliphatic rings. The standard InChI is InChI=1S/C10H13F3N2O/c1-6-3-5-15-9(14)8(6)7(16)2-4-10(11,12)13/h3,5,7,16H,2,4H2,1H3,(H2,14,15). The molecule has 0 aliphatic heterocycles. The Hall–Kier alpha value is -1.30. The lowest BCUT2D eigenvalue weighted by Gasteiger charge is -2.16. The first-order valence-electron chi connectivity index (χ1n) is 4.77. The molecule has 1 rings (SSSR count). The van der Waals surface area contributed by atoms with Crippen LogP contribution in [-0.2, 0) is 0 Å². The number of alkyl halides is 3. The molecule has 0 saturated carbocycles. The van der Waals surface area contributed by atoms with Crippen molar-refractivity contribution in [3.63, 3.8) is 0 Å². The van der Waals surface area contributed by atoms with Crippen LogP contribution >= 0.6 is 0 Å². The Kier molecular flexibility index (Phi) is 3.74. The molecule has 0 bridgehead atoms. The highest BCUT2D eigenvalue weighted by Crippen LogP contribution is 2.30. The van der Waals surface area contributed by atoms with Gasteiger partial charge in [-0.25, -0.2) is 4.98 Å². The van der Waals surface area contributed by atoms with E-state index in [1.54, 1.807) is 13.0 Å². The van der Waals surface area contributed by atoms with Crippen molar-refractivity contribution in [3.05, 3.63) is 23.4 Å². The maximum atomic E-state index is 12.0.